The van der Waals surface area contributed by atoms with Crippen molar-refractivity contribution in [2.45, 2.75) is 63.5 Å². The molecule has 5 rings (SSSR count). The molecule has 2 aromatic rings. The molecule has 1 aromatic carbocycles. The van der Waals surface area contributed by atoms with E-state index in [1.165, 1.54) is 42.5 Å². The molecule has 0 radical (unpaired) electrons. The molecule has 3 aliphatic rings. The van der Waals surface area contributed by atoms with Gasteiger partial charge in [-0.05, 0) is 36.8 Å². The van der Waals surface area contributed by atoms with Crippen LogP contribution in [0, 0.1) is 0 Å². The number of hydrogen-bond donors (Lipinski definition) is 1. The summed E-state index contributed by atoms with van der Waals surface area (Å²) in [6, 6.07) is 11.7. The molecule has 2 aliphatic carbocycles. The van der Waals surface area contributed by atoms with Gasteiger partial charge >= 0.3 is 0 Å². The maximum Gasteiger partial charge on any atom is 0.225 e. The number of nitrogens with zero attached hydrogens (tertiary/aromatic N) is 3. The van der Waals surface area contributed by atoms with Crippen LogP contribution in [0.25, 0.3) is 0 Å². The minimum atomic E-state index is 0.129. The molecule has 130 valence electrons. The number of benzene rings is 1. The minimum Gasteiger partial charge on any atom is -0.351 e. The van der Waals surface area contributed by atoms with Gasteiger partial charge in [-0.1, -0.05) is 38.1 Å². The molecule has 2 heterocycles. The maximum absolute atomic E-state index is 4.89. The molecule has 2 fully saturated rings. The molecule has 1 aliphatic heterocycles. The van der Waals surface area contributed by atoms with Crippen molar-refractivity contribution in [1.82, 2.24) is 9.97 Å². The van der Waals surface area contributed by atoms with Crippen molar-refractivity contribution in [3.05, 3.63) is 47.2 Å². The first-order chi connectivity index (χ1) is 12.1. The fraction of sp³-hybridized carbons (Fsp3) is 0.524. The number of anilines is 2. The van der Waals surface area contributed by atoms with Crippen molar-refractivity contribution < 1.29 is 0 Å². The summed E-state index contributed by atoms with van der Waals surface area (Å²) in [4.78, 5) is 12.1. The SMILES string of the molecule is CC1(C)CN(c2cc(C3CC3)nc(NC3CC3)n2)Cc2ccccc21. The molecular weight excluding hydrogens is 308 g/mol. The molecule has 1 N–H and O–H groups in total. The fourth-order valence-electron chi connectivity index (χ4n) is 3.98. The van der Waals surface area contributed by atoms with E-state index in [0.717, 1.165) is 24.9 Å². The highest BCUT2D eigenvalue weighted by Crippen LogP contribution is 2.41. The summed E-state index contributed by atoms with van der Waals surface area (Å²) < 4.78 is 0. The predicted molar refractivity (Wildman–Crippen MR) is 101 cm³/mol. The summed E-state index contributed by atoms with van der Waals surface area (Å²) in [6.07, 6.45) is 5.04. The molecule has 1 aromatic heterocycles. The highest BCUT2D eigenvalue weighted by atomic mass is 15.2. The fourth-order valence-corrected chi connectivity index (χ4v) is 3.98. The zero-order chi connectivity index (χ0) is 17.0. The van der Waals surface area contributed by atoms with Crippen LogP contribution in [0.2, 0.25) is 0 Å². The van der Waals surface area contributed by atoms with E-state index in [4.69, 9.17) is 9.97 Å². The van der Waals surface area contributed by atoms with Gasteiger partial charge in [0.05, 0.1) is 5.69 Å². The predicted octanol–water partition coefficient (Wildman–Crippen LogP) is 4.23. The van der Waals surface area contributed by atoms with Crippen molar-refractivity contribution in [3.8, 4) is 0 Å². The number of rotatable bonds is 4. The Hall–Kier alpha value is -2.10. The average Bonchev–Trinajstić information content (AvgIpc) is 3.48. The van der Waals surface area contributed by atoms with E-state index in [-0.39, 0.29) is 5.41 Å². The van der Waals surface area contributed by atoms with Crippen LogP contribution in [-0.4, -0.2) is 22.6 Å². The third kappa shape index (κ3) is 2.99. The second-order valence-corrected chi connectivity index (χ2v) is 8.56. The Labute approximate surface area is 149 Å². The quantitative estimate of drug-likeness (QED) is 0.908. The molecule has 0 amide bonds. The van der Waals surface area contributed by atoms with Crippen LogP contribution in [0.1, 0.15) is 62.3 Å². The first-order valence-corrected chi connectivity index (χ1v) is 9.57. The second kappa shape index (κ2) is 5.45. The number of nitrogens with one attached hydrogen (secondary N) is 1. The lowest BCUT2D eigenvalue weighted by molar-refractivity contribution is 0.474. The molecule has 0 spiro atoms. The van der Waals surface area contributed by atoms with Crippen molar-refractivity contribution >= 4 is 11.8 Å². The van der Waals surface area contributed by atoms with Gasteiger partial charge in [0.2, 0.25) is 5.95 Å². The van der Waals surface area contributed by atoms with Crippen LogP contribution in [0.15, 0.2) is 30.3 Å². The summed E-state index contributed by atoms with van der Waals surface area (Å²) in [5, 5.41) is 3.51. The first kappa shape index (κ1) is 15.2. The van der Waals surface area contributed by atoms with Crippen molar-refractivity contribution in [3.63, 3.8) is 0 Å². The van der Waals surface area contributed by atoms with Gasteiger partial charge in [-0.3, -0.25) is 0 Å². The smallest absolute Gasteiger partial charge is 0.225 e. The molecule has 0 unspecified atom stereocenters. The van der Waals surface area contributed by atoms with Crippen molar-refractivity contribution in [2.75, 3.05) is 16.8 Å². The van der Waals surface area contributed by atoms with Crippen LogP contribution < -0.4 is 10.2 Å². The van der Waals surface area contributed by atoms with Crippen LogP contribution in [0.5, 0.6) is 0 Å². The Balaban J connectivity index is 1.51. The lowest BCUT2D eigenvalue weighted by Crippen LogP contribution is -2.42. The Morgan fingerprint density at radius 3 is 2.64 bits per heavy atom. The third-order valence-electron chi connectivity index (χ3n) is 5.66. The molecule has 2 saturated carbocycles. The van der Waals surface area contributed by atoms with Crippen LogP contribution in [0.4, 0.5) is 11.8 Å². The van der Waals surface area contributed by atoms with Gasteiger partial charge < -0.3 is 10.2 Å². The number of hydrogen-bond acceptors (Lipinski definition) is 4. The zero-order valence-corrected chi connectivity index (χ0v) is 15.1. The van der Waals surface area contributed by atoms with Gasteiger partial charge in [0.25, 0.3) is 0 Å². The van der Waals surface area contributed by atoms with Crippen molar-refractivity contribution in [2.24, 2.45) is 0 Å². The lowest BCUT2D eigenvalue weighted by atomic mass is 9.78. The highest BCUT2D eigenvalue weighted by molar-refractivity contribution is 5.51. The monoisotopic (exact) mass is 334 g/mol. The van der Waals surface area contributed by atoms with Gasteiger partial charge in [-0.2, -0.15) is 4.98 Å². The summed E-state index contributed by atoms with van der Waals surface area (Å²) in [6.45, 7) is 6.60. The third-order valence-corrected chi connectivity index (χ3v) is 5.66. The zero-order valence-electron chi connectivity index (χ0n) is 15.1. The average molecular weight is 334 g/mol. The van der Waals surface area contributed by atoms with Crippen molar-refractivity contribution in [1.29, 1.82) is 0 Å². The summed E-state index contributed by atoms with van der Waals surface area (Å²) in [5.74, 6) is 2.56. The first-order valence-electron chi connectivity index (χ1n) is 9.57. The number of aromatic nitrogens is 2. The topological polar surface area (TPSA) is 41.1 Å². The Morgan fingerprint density at radius 1 is 1.08 bits per heavy atom. The maximum atomic E-state index is 4.89. The summed E-state index contributed by atoms with van der Waals surface area (Å²) >= 11 is 0. The standard InChI is InChI=1S/C21H26N4/c1-21(2)13-25(12-15-5-3-4-6-17(15)21)19-11-18(14-7-8-14)23-20(24-19)22-16-9-10-16/h3-6,11,14,16H,7-10,12-13H2,1-2H3,(H,22,23,24). The van der Waals surface area contributed by atoms with Gasteiger partial charge in [-0.15, -0.1) is 0 Å². The van der Waals surface area contributed by atoms with Gasteiger partial charge in [-0.25, -0.2) is 4.98 Å². The largest absolute Gasteiger partial charge is 0.351 e. The van der Waals surface area contributed by atoms with Gasteiger partial charge in [0.1, 0.15) is 5.82 Å². The second-order valence-electron chi connectivity index (χ2n) is 8.56. The Kier molecular flexibility index (Phi) is 3.31. The number of fused-ring (bicyclic) bond motifs is 1. The molecule has 0 atom stereocenters. The Bertz CT molecular complexity index is 805. The molecular formula is C21H26N4. The molecule has 0 bridgehead atoms. The summed E-state index contributed by atoms with van der Waals surface area (Å²) in [7, 11) is 0. The molecule has 0 saturated heterocycles. The van der Waals surface area contributed by atoms with Crippen LogP contribution >= 0.6 is 0 Å². The van der Waals surface area contributed by atoms with E-state index in [1.807, 2.05) is 0 Å². The van der Waals surface area contributed by atoms with E-state index >= 15 is 0 Å². The molecule has 4 nitrogen and oxygen atoms in total. The van der Waals surface area contributed by atoms with Crippen LogP contribution in [-0.2, 0) is 12.0 Å². The van der Waals surface area contributed by atoms with Gasteiger partial charge in [0, 0.05) is 36.5 Å². The van der Waals surface area contributed by atoms with E-state index in [9.17, 15) is 0 Å². The molecule has 25 heavy (non-hydrogen) atoms. The van der Waals surface area contributed by atoms with Crippen LogP contribution in [0.3, 0.4) is 0 Å². The van der Waals surface area contributed by atoms with E-state index < -0.39 is 0 Å². The Morgan fingerprint density at radius 2 is 1.88 bits per heavy atom. The highest BCUT2D eigenvalue weighted by Gasteiger charge is 2.34. The summed E-state index contributed by atoms with van der Waals surface area (Å²) in [5.41, 5.74) is 4.25. The normalized spacial score (nSPS) is 21.8. The lowest BCUT2D eigenvalue weighted by Gasteiger charge is -2.40. The van der Waals surface area contributed by atoms with E-state index in [1.54, 1.807) is 0 Å². The van der Waals surface area contributed by atoms with E-state index in [2.05, 4.69) is 54.4 Å². The van der Waals surface area contributed by atoms with Gasteiger partial charge in [0.15, 0.2) is 0 Å². The molecule has 4 heteroatoms. The minimum absolute atomic E-state index is 0.129. The van der Waals surface area contributed by atoms with E-state index in [0.29, 0.717) is 12.0 Å².